The number of benzene rings is 3. The van der Waals surface area contributed by atoms with Crippen LogP contribution in [0.25, 0.3) is 0 Å². The molecule has 0 aromatic heterocycles. The monoisotopic (exact) mass is 599 g/mol. The predicted molar refractivity (Wildman–Crippen MR) is 171 cm³/mol. The minimum Gasteiger partial charge on any atom is -0.495 e. The van der Waals surface area contributed by atoms with Crippen molar-refractivity contribution >= 4 is 11.7 Å². The van der Waals surface area contributed by atoms with E-state index < -0.39 is 12.1 Å². The zero-order valence-electron chi connectivity index (χ0n) is 26.1. The van der Waals surface area contributed by atoms with Gasteiger partial charge in [-0.25, -0.2) is 4.79 Å². The Kier molecular flexibility index (Phi) is 8.88. The highest BCUT2D eigenvalue weighted by Crippen LogP contribution is 2.61. The smallest absolute Gasteiger partial charge is 0.343 e. The zero-order valence-corrected chi connectivity index (χ0v) is 26.1. The first kappa shape index (κ1) is 30.5. The zero-order chi connectivity index (χ0) is 30.8. The van der Waals surface area contributed by atoms with Crippen LogP contribution in [0.5, 0.6) is 17.2 Å². The third-order valence-corrected chi connectivity index (χ3v) is 10.7. The molecule has 0 amide bonds. The highest BCUT2D eigenvalue weighted by atomic mass is 16.5. The predicted octanol–water partition coefficient (Wildman–Crippen LogP) is 6.89. The Labute approximate surface area is 260 Å². The summed E-state index contributed by atoms with van der Waals surface area (Å²) < 4.78 is 17.0. The molecule has 3 aliphatic carbocycles. The van der Waals surface area contributed by atoms with Crippen LogP contribution in [-0.2, 0) is 13.0 Å². The van der Waals surface area contributed by atoms with Crippen molar-refractivity contribution in [1.29, 1.82) is 0 Å². The molecule has 3 aliphatic rings. The first-order valence-electron chi connectivity index (χ1n) is 16.1. The molecule has 0 bridgehead atoms. The second-order valence-corrected chi connectivity index (χ2v) is 13.0. The lowest BCUT2D eigenvalue weighted by Crippen LogP contribution is -2.44. The van der Waals surface area contributed by atoms with E-state index in [0.717, 1.165) is 55.5 Å². The van der Waals surface area contributed by atoms with Gasteiger partial charge in [0.25, 0.3) is 0 Å². The largest absolute Gasteiger partial charge is 0.495 e. The molecule has 1 unspecified atom stereocenters. The Morgan fingerprint density at radius 1 is 1.00 bits per heavy atom. The number of fused-ring (bicyclic) bond motifs is 5. The van der Waals surface area contributed by atoms with E-state index in [4.69, 9.17) is 14.2 Å². The summed E-state index contributed by atoms with van der Waals surface area (Å²) in [5, 5.41) is 24.1. The van der Waals surface area contributed by atoms with Crippen LogP contribution < -0.4 is 19.5 Å². The summed E-state index contributed by atoms with van der Waals surface area (Å²) in [5.41, 5.74) is 5.47. The summed E-state index contributed by atoms with van der Waals surface area (Å²) in [4.78, 5) is 12.7. The molecule has 0 saturated heterocycles. The van der Waals surface area contributed by atoms with Gasteiger partial charge in [-0.1, -0.05) is 32.0 Å². The van der Waals surface area contributed by atoms with Crippen molar-refractivity contribution in [2.24, 2.45) is 17.3 Å². The summed E-state index contributed by atoms with van der Waals surface area (Å²) in [7, 11) is 1.73. The number of carbonyl (C=O) groups is 1. The molecule has 0 heterocycles. The molecule has 2 saturated carbocycles. The average Bonchev–Trinajstić information content (AvgIpc) is 3.36. The Morgan fingerprint density at radius 2 is 1.75 bits per heavy atom. The maximum absolute atomic E-state index is 12.7. The third-order valence-electron chi connectivity index (χ3n) is 10.7. The minimum atomic E-state index is -0.512. The highest BCUT2D eigenvalue weighted by molar-refractivity contribution is 5.91. The van der Waals surface area contributed by atoms with Gasteiger partial charge in [0.05, 0.1) is 30.6 Å². The topological polar surface area (TPSA) is 97.3 Å². The number of hydrogen-bond acceptors (Lipinski definition) is 7. The molecule has 234 valence electrons. The van der Waals surface area contributed by atoms with Crippen molar-refractivity contribution in [3.8, 4) is 17.2 Å². The van der Waals surface area contributed by atoms with Gasteiger partial charge >= 0.3 is 5.97 Å². The molecule has 3 aromatic carbocycles. The quantitative estimate of drug-likeness (QED) is 0.172. The molecule has 3 N–H and O–H groups in total. The molecule has 6 atom stereocenters. The molecule has 44 heavy (non-hydrogen) atoms. The van der Waals surface area contributed by atoms with E-state index in [-0.39, 0.29) is 18.1 Å². The lowest BCUT2D eigenvalue weighted by molar-refractivity contribution is -0.0225. The van der Waals surface area contributed by atoms with Crippen LogP contribution >= 0.6 is 0 Å². The van der Waals surface area contributed by atoms with Crippen LogP contribution in [0.15, 0.2) is 60.7 Å². The standard InChI is InChI=1S/C37H45NO6/c1-4-25(39)22-43-26-11-7-24(8-12-26)36(41)44-27-9-5-23(6-10-27)21-38-35-31-14-13-30-29(28(31)15-17-33(35)42-3)19-20-37(2)32(30)16-18-34(37)40/h5-12,15,17,25,29-30,32,34,38-40H,4,13-14,16,18-22H2,1-3H3/t25?,29-,30-,32+,34-,37+/m1/s1. The van der Waals surface area contributed by atoms with Gasteiger partial charge in [0.2, 0.25) is 0 Å². The molecule has 0 radical (unpaired) electrons. The number of hydrogen-bond donors (Lipinski definition) is 3. The summed E-state index contributed by atoms with van der Waals surface area (Å²) in [5.74, 6) is 3.29. The van der Waals surface area contributed by atoms with Crippen LogP contribution in [-0.4, -0.2) is 42.1 Å². The fourth-order valence-electron chi connectivity index (χ4n) is 8.01. The number of carbonyl (C=O) groups excluding carboxylic acids is 1. The number of aliphatic hydroxyl groups is 2. The van der Waals surface area contributed by atoms with Crippen molar-refractivity contribution in [3.05, 3.63) is 82.9 Å². The van der Waals surface area contributed by atoms with E-state index in [1.807, 2.05) is 31.2 Å². The lowest BCUT2D eigenvalue weighted by atomic mass is 9.55. The number of aliphatic hydroxyl groups excluding tert-OH is 2. The van der Waals surface area contributed by atoms with Crippen LogP contribution in [0.2, 0.25) is 0 Å². The first-order chi connectivity index (χ1) is 21.3. The highest BCUT2D eigenvalue weighted by Gasteiger charge is 2.54. The Morgan fingerprint density at radius 3 is 2.48 bits per heavy atom. The number of rotatable bonds is 10. The summed E-state index contributed by atoms with van der Waals surface area (Å²) in [6, 6.07) is 18.7. The fourth-order valence-corrected chi connectivity index (χ4v) is 8.01. The van der Waals surface area contributed by atoms with Crippen molar-refractivity contribution in [3.63, 3.8) is 0 Å². The Bertz CT molecular complexity index is 1450. The Hall–Kier alpha value is -3.55. The summed E-state index contributed by atoms with van der Waals surface area (Å²) in [6.45, 7) is 5.05. The van der Waals surface area contributed by atoms with Crippen LogP contribution in [0.3, 0.4) is 0 Å². The van der Waals surface area contributed by atoms with Crippen molar-refractivity contribution < 1.29 is 29.2 Å². The molecule has 6 rings (SSSR count). The number of methoxy groups -OCH3 is 1. The molecular formula is C37H45NO6. The number of nitrogens with one attached hydrogen (secondary N) is 1. The van der Waals surface area contributed by atoms with Crippen LogP contribution in [0.4, 0.5) is 5.69 Å². The maximum Gasteiger partial charge on any atom is 0.343 e. The van der Waals surface area contributed by atoms with Gasteiger partial charge in [0.15, 0.2) is 0 Å². The normalized spacial score (nSPS) is 26.1. The molecule has 2 fully saturated rings. The fraction of sp³-hybridized carbons (Fsp3) is 0.486. The van der Waals surface area contributed by atoms with Gasteiger partial charge in [-0.3, -0.25) is 0 Å². The van der Waals surface area contributed by atoms with Crippen LogP contribution in [0.1, 0.15) is 85.3 Å². The Balaban J connectivity index is 1.09. The van der Waals surface area contributed by atoms with Crippen molar-refractivity contribution in [2.75, 3.05) is 19.0 Å². The molecule has 7 nitrogen and oxygen atoms in total. The molecule has 3 aromatic rings. The molecule has 0 spiro atoms. The lowest BCUT2D eigenvalue weighted by Gasteiger charge is -2.50. The van der Waals surface area contributed by atoms with Crippen molar-refractivity contribution in [1.82, 2.24) is 0 Å². The average molecular weight is 600 g/mol. The van der Waals surface area contributed by atoms with Gasteiger partial charge < -0.3 is 29.7 Å². The summed E-state index contributed by atoms with van der Waals surface area (Å²) in [6.07, 6.45) is 6.44. The summed E-state index contributed by atoms with van der Waals surface area (Å²) >= 11 is 0. The SMILES string of the molecule is CCC(O)COc1ccc(C(=O)Oc2ccc(CNc3c(OC)ccc4c3CC[C@@H]3[C@@H]4CC[C@]4(C)[C@H](O)CC[C@@H]34)cc2)cc1. The van der Waals surface area contributed by atoms with E-state index >= 15 is 0 Å². The molecule has 0 aliphatic heterocycles. The van der Waals surface area contributed by atoms with Gasteiger partial charge in [-0.2, -0.15) is 0 Å². The van der Waals surface area contributed by atoms with E-state index in [0.29, 0.717) is 47.8 Å². The number of ether oxygens (including phenoxy) is 3. The minimum absolute atomic E-state index is 0.0749. The van der Waals surface area contributed by atoms with Crippen molar-refractivity contribution in [2.45, 2.75) is 83.5 Å². The maximum atomic E-state index is 12.7. The second-order valence-electron chi connectivity index (χ2n) is 13.0. The van der Waals surface area contributed by atoms with E-state index in [2.05, 4.69) is 24.4 Å². The first-order valence-corrected chi connectivity index (χ1v) is 16.1. The third kappa shape index (κ3) is 5.92. The van der Waals surface area contributed by atoms with Gasteiger partial charge in [-0.15, -0.1) is 0 Å². The molecule has 7 heteroatoms. The number of anilines is 1. The van der Waals surface area contributed by atoms with Gasteiger partial charge in [0, 0.05) is 6.54 Å². The van der Waals surface area contributed by atoms with E-state index in [1.165, 1.54) is 11.1 Å². The van der Waals surface area contributed by atoms with Gasteiger partial charge in [-0.05, 0) is 127 Å². The van der Waals surface area contributed by atoms with Crippen LogP contribution in [0, 0.1) is 17.3 Å². The number of esters is 1. The molecular weight excluding hydrogens is 554 g/mol. The second kappa shape index (κ2) is 12.8. The van der Waals surface area contributed by atoms with E-state index in [1.54, 1.807) is 31.4 Å². The van der Waals surface area contributed by atoms with Gasteiger partial charge in [0.1, 0.15) is 23.9 Å². The van der Waals surface area contributed by atoms with E-state index in [9.17, 15) is 15.0 Å².